The molecule has 8 nitrogen and oxygen atoms in total. The van der Waals surface area contributed by atoms with Gasteiger partial charge in [0.05, 0.1) is 31.6 Å². The molecule has 0 spiro atoms. The summed E-state index contributed by atoms with van der Waals surface area (Å²) >= 11 is 0. The number of aromatic nitrogens is 2. The number of ether oxygens (including phenoxy) is 2. The molecule has 0 aliphatic heterocycles. The summed E-state index contributed by atoms with van der Waals surface area (Å²) < 4.78 is 38.1. The summed E-state index contributed by atoms with van der Waals surface area (Å²) in [6.45, 7) is 0. The molecule has 2 rings (SSSR count). The Bertz CT molecular complexity index is 778. The van der Waals surface area contributed by atoms with Crippen molar-refractivity contribution in [2.45, 2.75) is 12.5 Å². The lowest BCUT2D eigenvalue weighted by molar-refractivity contribution is 0.350. The smallest absolute Gasteiger partial charge is 0.243 e. The maximum absolute atomic E-state index is 11.2. The normalized spacial score (nSPS) is 12.3. The van der Waals surface area contributed by atoms with Crippen molar-refractivity contribution in [2.75, 3.05) is 26.2 Å². The Balaban J connectivity index is 0.00000288. The molecule has 1 unspecified atom stereocenters. The van der Waals surface area contributed by atoms with Crippen molar-refractivity contribution in [3.8, 4) is 22.9 Å². The number of halogens is 1. The van der Waals surface area contributed by atoms with Gasteiger partial charge < -0.3 is 19.7 Å². The number of hydrogen-bond donors (Lipinski definition) is 1. The zero-order valence-electron chi connectivity index (χ0n) is 13.6. The first-order valence-corrected chi connectivity index (χ1v) is 8.90. The zero-order chi connectivity index (χ0) is 17.0. The second-order valence-corrected chi connectivity index (χ2v) is 7.28. The van der Waals surface area contributed by atoms with Crippen LogP contribution in [0.5, 0.6) is 11.5 Å². The highest BCUT2D eigenvalue weighted by atomic mass is 35.5. The molecule has 0 fully saturated rings. The van der Waals surface area contributed by atoms with E-state index in [0.29, 0.717) is 22.9 Å². The van der Waals surface area contributed by atoms with Crippen LogP contribution in [0.2, 0.25) is 0 Å². The topological polar surface area (TPSA) is 118 Å². The van der Waals surface area contributed by atoms with E-state index < -0.39 is 15.9 Å². The van der Waals surface area contributed by atoms with Crippen molar-refractivity contribution in [1.29, 1.82) is 0 Å². The third-order valence-electron chi connectivity index (χ3n) is 3.20. The van der Waals surface area contributed by atoms with E-state index in [0.717, 1.165) is 6.26 Å². The van der Waals surface area contributed by atoms with Gasteiger partial charge in [0, 0.05) is 6.26 Å². The van der Waals surface area contributed by atoms with Crippen LogP contribution in [0.3, 0.4) is 0 Å². The summed E-state index contributed by atoms with van der Waals surface area (Å²) in [7, 11) is -0.0524. The van der Waals surface area contributed by atoms with Gasteiger partial charge in [-0.15, -0.1) is 12.4 Å². The van der Waals surface area contributed by atoms with E-state index in [-0.39, 0.29) is 30.5 Å². The van der Waals surface area contributed by atoms with Gasteiger partial charge in [-0.1, -0.05) is 11.2 Å². The van der Waals surface area contributed by atoms with Crippen LogP contribution in [0.1, 0.15) is 18.4 Å². The van der Waals surface area contributed by atoms with Gasteiger partial charge in [0.1, 0.15) is 9.84 Å². The molecule has 0 aliphatic rings. The van der Waals surface area contributed by atoms with Crippen molar-refractivity contribution in [2.24, 2.45) is 5.73 Å². The van der Waals surface area contributed by atoms with E-state index in [1.54, 1.807) is 18.2 Å². The van der Waals surface area contributed by atoms with Gasteiger partial charge in [-0.2, -0.15) is 4.98 Å². The van der Waals surface area contributed by atoms with Crippen molar-refractivity contribution >= 4 is 22.2 Å². The molecule has 1 aromatic carbocycles. The fourth-order valence-corrected chi connectivity index (χ4v) is 2.71. The molecular weight excluding hydrogens is 358 g/mol. The van der Waals surface area contributed by atoms with Gasteiger partial charge in [0.2, 0.25) is 11.7 Å². The van der Waals surface area contributed by atoms with E-state index >= 15 is 0 Å². The van der Waals surface area contributed by atoms with Gasteiger partial charge in [-0.3, -0.25) is 0 Å². The first-order chi connectivity index (χ1) is 10.9. The lowest BCUT2D eigenvalue weighted by Gasteiger charge is -2.09. The van der Waals surface area contributed by atoms with Gasteiger partial charge >= 0.3 is 0 Å². The molecule has 24 heavy (non-hydrogen) atoms. The predicted molar refractivity (Wildman–Crippen MR) is 91.3 cm³/mol. The average molecular weight is 378 g/mol. The van der Waals surface area contributed by atoms with E-state index in [1.807, 2.05) is 0 Å². The molecule has 0 saturated carbocycles. The number of para-hydroxylation sites is 1. The molecule has 0 saturated heterocycles. The lowest BCUT2D eigenvalue weighted by Crippen LogP contribution is -2.16. The van der Waals surface area contributed by atoms with Crippen LogP contribution in [0.4, 0.5) is 0 Å². The van der Waals surface area contributed by atoms with E-state index in [4.69, 9.17) is 19.7 Å². The van der Waals surface area contributed by atoms with E-state index in [1.165, 1.54) is 14.2 Å². The van der Waals surface area contributed by atoms with Gasteiger partial charge in [0.15, 0.2) is 11.5 Å². The molecule has 0 radical (unpaired) electrons. The summed E-state index contributed by atoms with van der Waals surface area (Å²) in [5.41, 5.74) is 6.50. The van der Waals surface area contributed by atoms with Crippen LogP contribution < -0.4 is 15.2 Å². The number of sulfone groups is 1. The first-order valence-electron chi connectivity index (χ1n) is 6.84. The quantitative estimate of drug-likeness (QED) is 0.773. The third kappa shape index (κ3) is 4.83. The molecule has 2 N–H and O–H groups in total. The SMILES string of the molecule is COc1cccc(-c2noc(C(N)CCS(C)(=O)=O)n2)c1OC.Cl. The minimum atomic E-state index is -3.10. The van der Waals surface area contributed by atoms with Gasteiger partial charge in [-0.25, -0.2) is 8.42 Å². The summed E-state index contributed by atoms with van der Waals surface area (Å²) in [4.78, 5) is 4.23. The highest BCUT2D eigenvalue weighted by Gasteiger charge is 2.20. The largest absolute Gasteiger partial charge is 0.493 e. The molecule has 1 heterocycles. The Kier molecular flexibility index (Phi) is 7.00. The fourth-order valence-electron chi connectivity index (χ4n) is 2.02. The highest BCUT2D eigenvalue weighted by molar-refractivity contribution is 7.90. The van der Waals surface area contributed by atoms with Crippen LogP contribution >= 0.6 is 12.4 Å². The number of methoxy groups -OCH3 is 2. The maximum Gasteiger partial charge on any atom is 0.243 e. The summed E-state index contributed by atoms with van der Waals surface area (Å²) in [5.74, 6) is 1.44. The highest BCUT2D eigenvalue weighted by Crippen LogP contribution is 2.36. The first kappa shape index (κ1) is 20.2. The van der Waals surface area contributed by atoms with Crippen LogP contribution in [-0.4, -0.2) is 44.8 Å². The monoisotopic (exact) mass is 377 g/mol. The zero-order valence-corrected chi connectivity index (χ0v) is 15.2. The molecule has 0 amide bonds. The van der Waals surface area contributed by atoms with Crippen molar-refractivity contribution < 1.29 is 22.4 Å². The second kappa shape index (κ2) is 8.32. The van der Waals surface area contributed by atoms with Gasteiger partial charge in [-0.05, 0) is 18.6 Å². The van der Waals surface area contributed by atoms with Crippen LogP contribution in [0, 0.1) is 0 Å². The van der Waals surface area contributed by atoms with Crippen LogP contribution in [-0.2, 0) is 9.84 Å². The maximum atomic E-state index is 11.2. The standard InChI is InChI=1S/C14H19N3O5S.ClH/c1-20-11-6-4-5-9(12(11)21-2)13-16-14(22-17-13)10(15)7-8-23(3,18)19;/h4-6,10H,7-8,15H2,1-3H3;1H. The second-order valence-electron chi connectivity index (χ2n) is 5.02. The van der Waals surface area contributed by atoms with Crippen molar-refractivity contribution in [3.05, 3.63) is 24.1 Å². The minimum Gasteiger partial charge on any atom is -0.493 e. The number of rotatable bonds is 7. The van der Waals surface area contributed by atoms with Crippen LogP contribution in [0.15, 0.2) is 22.7 Å². The molecule has 0 bridgehead atoms. The molecule has 1 atom stereocenters. The fraction of sp³-hybridized carbons (Fsp3) is 0.429. The summed E-state index contributed by atoms with van der Waals surface area (Å²) in [6, 6.07) is 4.64. The average Bonchev–Trinajstić information content (AvgIpc) is 3.00. The number of nitrogens with zero attached hydrogens (tertiary/aromatic N) is 2. The Morgan fingerprint density at radius 2 is 2.00 bits per heavy atom. The van der Waals surface area contributed by atoms with Crippen LogP contribution in [0.25, 0.3) is 11.4 Å². The van der Waals surface area contributed by atoms with Crippen molar-refractivity contribution in [3.63, 3.8) is 0 Å². The van der Waals surface area contributed by atoms with Gasteiger partial charge in [0.25, 0.3) is 0 Å². The van der Waals surface area contributed by atoms with E-state index in [2.05, 4.69) is 10.1 Å². The molecule has 2 aromatic rings. The molecule has 134 valence electrons. The molecule has 1 aromatic heterocycles. The lowest BCUT2D eigenvalue weighted by atomic mass is 10.1. The molecular formula is C14H20ClN3O5S. The Morgan fingerprint density at radius 1 is 1.29 bits per heavy atom. The summed E-state index contributed by atoms with van der Waals surface area (Å²) in [6.07, 6.45) is 1.36. The minimum absolute atomic E-state index is 0. The van der Waals surface area contributed by atoms with E-state index in [9.17, 15) is 8.42 Å². The molecule has 10 heteroatoms. The Labute approximate surface area is 146 Å². The van der Waals surface area contributed by atoms with Crippen molar-refractivity contribution in [1.82, 2.24) is 10.1 Å². The summed E-state index contributed by atoms with van der Waals surface area (Å²) in [5, 5.41) is 3.88. The number of nitrogens with two attached hydrogens (primary N) is 1. The number of hydrogen-bond acceptors (Lipinski definition) is 8. The Hall–Kier alpha value is -1.84. The molecule has 0 aliphatic carbocycles. The third-order valence-corrected chi connectivity index (χ3v) is 4.18. The predicted octanol–water partition coefficient (Wildman–Crippen LogP) is 1.61. The number of benzene rings is 1. The Morgan fingerprint density at radius 3 is 2.58 bits per heavy atom.